The second kappa shape index (κ2) is 4.75. The third kappa shape index (κ3) is 1.93. The number of nitrogens with zero attached hydrogens (tertiary/aromatic N) is 2. The molecule has 2 aromatic rings. The Bertz CT molecular complexity index is 577. The molecule has 0 bridgehead atoms. The summed E-state index contributed by atoms with van der Waals surface area (Å²) in [5.41, 5.74) is 4.30. The number of hydrogen-bond donors (Lipinski definition) is 1. The van der Waals surface area contributed by atoms with Gasteiger partial charge in [-0.15, -0.1) is 0 Å². The van der Waals surface area contributed by atoms with Crippen molar-refractivity contribution in [2.45, 2.75) is 32.3 Å². The number of aromatic nitrogens is 2. The number of hydrogen-bond acceptors (Lipinski definition) is 2. The number of aliphatic hydroxyl groups is 1. The van der Waals surface area contributed by atoms with Gasteiger partial charge in [0.15, 0.2) is 0 Å². The first-order valence-corrected chi connectivity index (χ1v) is 6.62. The fraction of sp³-hybridized carbons (Fsp3) is 0.357. The Morgan fingerprint density at radius 3 is 2.94 bits per heavy atom. The van der Waals surface area contributed by atoms with Crippen molar-refractivity contribution in [3.8, 4) is 5.69 Å². The lowest BCUT2D eigenvalue weighted by molar-refractivity contribution is 0.281. The molecular weight excluding hydrogens is 248 g/mol. The molecule has 1 aliphatic carbocycles. The van der Waals surface area contributed by atoms with Crippen molar-refractivity contribution in [3.63, 3.8) is 0 Å². The lowest BCUT2D eigenvalue weighted by Gasteiger charge is -2.16. The van der Waals surface area contributed by atoms with Crippen LogP contribution in [0.1, 0.15) is 29.8 Å². The van der Waals surface area contributed by atoms with Crippen LogP contribution in [0.25, 0.3) is 5.69 Å². The standard InChI is InChI=1S/C14H15ClN2O/c15-11-5-6-13(10(7-11)8-18)17-9-16-12-3-1-2-4-14(12)17/h5-7,9,18H,1-4,8H2. The molecule has 1 heterocycles. The Morgan fingerprint density at radius 1 is 1.28 bits per heavy atom. The van der Waals surface area contributed by atoms with Gasteiger partial charge >= 0.3 is 0 Å². The van der Waals surface area contributed by atoms with Gasteiger partial charge in [0.25, 0.3) is 0 Å². The molecule has 18 heavy (non-hydrogen) atoms. The Morgan fingerprint density at radius 2 is 2.11 bits per heavy atom. The highest BCUT2D eigenvalue weighted by Gasteiger charge is 2.17. The van der Waals surface area contributed by atoms with E-state index in [1.54, 1.807) is 0 Å². The van der Waals surface area contributed by atoms with E-state index in [4.69, 9.17) is 11.6 Å². The van der Waals surface area contributed by atoms with Crippen LogP contribution < -0.4 is 0 Å². The summed E-state index contributed by atoms with van der Waals surface area (Å²) in [5, 5.41) is 10.1. The molecule has 0 saturated heterocycles. The molecule has 0 amide bonds. The van der Waals surface area contributed by atoms with Crippen molar-refractivity contribution in [2.75, 3.05) is 0 Å². The van der Waals surface area contributed by atoms with Crippen molar-refractivity contribution >= 4 is 11.6 Å². The average Bonchev–Trinajstić information content (AvgIpc) is 2.82. The number of benzene rings is 1. The van der Waals surface area contributed by atoms with E-state index in [9.17, 15) is 5.11 Å². The van der Waals surface area contributed by atoms with Gasteiger partial charge in [-0.1, -0.05) is 11.6 Å². The minimum absolute atomic E-state index is 0.0111. The maximum atomic E-state index is 9.45. The molecule has 1 aromatic carbocycles. The third-order valence-corrected chi connectivity index (χ3v) is 3.74. The van der Waals surface area contributed by atoms with Gasteiger partial charge in [-0.2, -0.15) is 0 Å². The monoisotopic (exact) mass is 262 g/mol. The van der Waals surface area contributed by atoms with Gasteiger partial charge in [-0.25, -0.2) is 4.98 Å². The van der Waals surface area contributed by atoms with Gasteiger partial charge in [-0.3, -0.25) is 0 Å². The summed E-state index contributed by atoms with van der Waals surface area (Å²) in [6.07, 6.45) is 6.41. The van der Waals surface area contributed by atoms with Gasteiger partial charge < -0.3 is 9.67 Å². The lowest BCUT2D eigenvalue weighted by Crippen LogP contribution is -2.08. The molecule has 0 fully saturated rings. The van der Waals surface area contributed by atoms with Gasteiger partial charge in [0.05, 0.1) is 24.3 Å². The lowest BCUT2D eigenvalue weighted by atomic mass is 10.0. The maximum absolute atomic E-state index is 9.45. The van der Waals surface area contributed by atoms with Crippen LogP contribution in [0.4, 0.5) is 0 Å². The normalized spacial score (nSPS) is 14.6. The first-order chi connectivity index (χ1) is 8.79. The largest absolute Gasteiger partial charge is 0.392 e. The van der Waals surface area contributed by atoms with Crippen molar-refractivity contribution < 1.29 is 5.11 Å². The van der Waals surface area contributed by atoms with E-state index in [-0.39, 0.29) is 6.61 Å². The molecule has 0 spiro atoms. The highest BCUT2D eigenvalue weighted by Crippen LogP contribution is 2.26. The smallest absolute Gasteiger partial charge is 0.0997 e. The van der Waals surface area contributed by atoms with Crippen molar-refractivity contribution in [1.82, 2.24) is 9.55 Å². The van der Waals surface area contributed by atoms with E-state index >= 15 is 0 Å². The Labute approximate surface area is 111 Å². The Hall–Kier alpha value is -1.32. The fourth-order valence-corrected chi connectivity index (χ4v) is 2.79. The molecule has 3 rings (SSSR count). The van der Waals surface area contributed by atoms with Crippen LogP contribution in [0, 0.1) is 0 Å². The van der Waals surface area contributed by atoms with Crippen molar-refractivity contribution in [2.24, 2.45) is 0 Å². The van der Waals surface area contributed by atoms with E-state index in [0.717, 1.165) is 24.1 Å². The Kier molecular flexibility index (Phi) is 3.10. The second-order valence-electron chi connectivity index (χ2n) is 4.65. The van der Waals surface area contributed by atoms with Gasteiger partial charge in [0.2, 0.25) is 0 Å². The zero-order valence-electron chi connectivity index (χ0n) is 10.1. The predicted octanol–water partition coefficient (Wildman–Crippen LogP) is 2.90. The number of aliphatic hydroxyl groups excluding tert-OH is 1. The van der Waals surface area contributed by atoms with Crippen LogP contribution >= 0.6 is 11.6 Å². The molecule has 3 nitrogen and oxygen atoms in total. The highest BCUT2D eigenvalue weighted by atomic mass is 35.5. The van der Waals surface area contributed by atoms with Gasteiger partial charge in [0, 0.05) is 16.3 Å². The van der Waals surface area contributed by atoms with Gasteiger partial charge in [0.1, 0.15) is 0 Å². The molecule has 1 N–H and O–H groups in total. The average molecular weight is 263 g/mol. The van der Waals surface area contributed by atoms with E-state index in [1.165, 1.54) is 24.2 Å². The van der Waals surface area contributed by atoms with Crippen LogP contribution in [0.15, 0.2) is 24.5 Å². The molecule has 0 radical (unpaired) electrons. The van der Waals surface area contributed by atoms with Crippen LogP contribution in [-0.4, -0.2) is 14.7 Å². The molecular formula is C14H15ClN2O. The van der Waals surface area contributed by atoms with Gasteiger partial charge in [-0.05, 0) is 43.9 Å². The zero-order chi connectivity index (χ0) is 12.5. The number of imidazole rings is 1. The summed E-state index contributed by atoms with van der Waals surface area (Å²) < 4.78 is 2.09. The maximum Gasteiger partial charge on any atom is 0.0997 e. The first-order valence-electron chi connectivity index (χ1n) is 6.24. The molecule has 0 unspecified atom stereocenters. The summed E-state index contributed by atoms with van der Waals surface area (Å²) >= 11 is 5.96. The van der Waals surface area contributed by atoms with E-state index in [1.807, 2.05) is 24.5 Å². The summed E-state index contributed by atoms with van der Waals surface area (Å²) in [6.45, 7) is -0.0111. The quantitative estimate of drug-likeness (QED) is 0.904. The second-order valence-corrected chi connectivity index (χ2v) is 5.08. The summed E-state index contributed by atoms with van der Waals surface area (Å²) in [6, 6.07) is 5.61. The molecule has 1 aliphatic rings. The predicted molar refractivity (Wildman–Crippen MR) is 71.1 cm³/mol. The summed E-state index contributed by atoms with van der Waals surface area (Å²) in [5.74, 6) is 0. The molecule has 0 saturated carbocycles. The van der Waals surface area contributed by atoms with E-state index in [0.29, 0.717) is 5.02 Å². The highest BCUT2D eigenvalue weighted by molar-refractivity contribution is 6.30. The fourth-order valence-electron chi connectivity index (χ4n) is 2.59. The van der Waals surface area contributed by atoms with Crippen LogP contribution in [0.3, 0.4) is 0 Å². The van der Waals surface area contributed by atoms with Crippen LogP contribution in [-0.2, 0) is 19.4 Å². The van der Waals surface area contributed by atoms with Crippen LogP contribution in [0.2, 0.25) is 5.02 Å². The molecule has 0 atom stereocenters. The molecule has 4 heteroatoms. The minimum atomic E-state index is -0.0111. The Balaban J connectivity index is 2.12. The minimum Gasteiger partial charge on any atom is -0.392 e. The van der Waals surface area contributed by atoms with E-state index < -0.39 is 0 Å². The number of rotatable bonds is 2. The van der Waals surface area contributed by atoms with Crippen LogP contribution in [0.5, 0.6) is 0 Å². The molecule has 94 valence electrons. The first kappa shape index (κ1) is 11.8. The summed E-state index contributed by atoms with van der Waals surface area (Å²) in [4.78, 5) is 4.48. The SMILES string of the molecule is OCc1cc(Cl)ccc1-n1cnc2c1CCCC2. The molecule has 0 aliphatic heterocycles. The number of aryl methyl sites for hydroxylation is 1. The topological polar surface area (TPSA) is 38.0 Å². The van der Waals surface area contributed by atoms with Crippen molar-refractivity contribution in [3.05, 3.63) is 46.5 Å². The third-order valence-electron chi connectivity index (χ3n) is 3.50. The van der Waals surface area contributed by atoms with Crippen molar-refractivity contribution in [1.29, 1.82) is 0 Å². The summed E-state index contributed by atoms with van der Waals surface area (Å²) in [7, 11) is 0. The zero-order valence-corrected chi connectivity index (χ0v) is 10.8. The number of halogens is 1. The number of fused-ring (bicyclic) bond motifs is 1. The molecule has 1 aromatic heterocycles. The van der Waals surface area contributed by atoms with E-state index in [2.05, 4.69) is 9.55 Å².